The molecule has 2 saturated heterocycles. The average Bonchev–Trinajstić information content (AvgIpc) is 3.07. The average molecular weight is 326 g/mol. The van der Waals surface area contributed by atoms with Gasteiger partial charge in [0, 0.05) is 43.6 Å². The van der Waals surface area contributed by atoms with Gasteiger partial charge in [0.2, 0.25) is 0 Å². The number of benzene rings is 1. The first kappa shape index (κ1) is 15.7. The van der Waals surface area contributed by atoms with Gasteiger partial charge in [-0.15, -0.1) is 0 Å². The largest absolute Gasteiger partial charge is 0.351 e. The summed E-state index contributed by atoms with van der Waals surface area (Å²) in [4.78, 5) is 20.5. The van der Waals surface area contributed by atoms with E-state index in [9.17, 15) is 4.79 Å². The Bertz CT molecular complexity index is 663. The van der Waals surface area contributed by atoms with Crippen LogP contribution in [0.1, 0.15) is 23.3 Å². The van der Waals surface area contributed by atoms with Crippen molar-refractivity contribution in [1.82, 2.24) is 20.1 Å². The lowest BCUT2D eigenvalue weighted by Gasteiger charge is -2.37. The molecular weight excluding hydrogens is 300 g/mol. The number of piperazine rings is 1. The quantitative estimate of drug-likeness (QED) is 0.906. The maximum Gasteiger partial charge on any atom is 0.270 e. The van der Waals surface area contributed by atoms with Crippen molar-refractivity contribution in [2.45, 2.75) is 12.8 Å². The van der Waals surface area contributed by atoms with Crippen LogP contribution in [0.4, 0.5) is 0 Å². The van der Waals surface area contributed by atoms with E-state index in [1.807, 2.05) is 35.2 Å². The Labute approximate surface area is 143 Å². The second-order valence-corrected chi connectivity index (χ2v) is 7.08. The highest BCUT2D eigenvalue weighted by molar-refractivity contribution is 5.98. The number of carbonyl (C=O) groups excluding carboxylic acids is 1. The minimum absolute atomic E-state index is 0.130. The summed E-state index contributed by atoms with van der Waals surface area (Å²) in [5, 5.41) is 4.59. The number of hydrogen-bond acceptors (Lipinski definition) is 3. The number of rotatable bonds is 3. The molecule has 2 fully saturated rings. The molecule has 24 heavy (non-hydrogen) atoms. The minimum atomic E-state index is 0.130. The molecular formula is C19H26N4O. The second kappa shape index (κ2) is 6.95. The SMILES string of the molecule is O=C(c1cc2ccccc2[nH]1)N1CCN(CC2CCCNC2)CC1. The van der Waals surface area contributed by atoms with Crippen LogP contribution in [0, 0.1) is 5.92 Å². The van der Waals surface area contributed by atoms with E-state index in [0.717, 1.165) is 49.5 Å². The van der Waals surface area contributed by atoms with Gasteiger partial charge in [-0.25, -0.2) is 0 Å². The maximum absolute atomic E-state index is 12.7. The smallest absolute Gasteiger partial charge is 0.270 e. The molecule has 1 unspecified atom stereocenters. The van der Waals surface area contributed by atoms with Crippen molar-refractivity contribution in [3.63, 3.8) is 0 Å². The molecule has 5 nitrogen and oxygen atoms in total. The van der Waals surface area contributed by atoms with Gasteiger partial charge in [0.05, 0.1) is 0 Å². The van der Waals surface area contributed by atoms with Gasteiger partial charge in [-0.3, -0.25) is 9.69 Å². The van der Waals surface area contributed by atoms with E-state index < -0.39 is 0 Å². The summed E-state index contributed by atoms with van der Waals surface area (Å²) in [6.07, 6.45) is 2.63. The fraction of sp³-hybridized carbons (Fsp3) is 0.526. The first-order chi connectivity index (χ1) is 11.8. The molecule has 1 amide bonds. The summed E-state index contributed by atoms with van der Waals surface area (Å²) in [6.45, 7) is 7.12. The molecule has 0 radical (unpaired) electrons. The summed E-state index contributed by atoms with van der Waals surface area (Å²) in [6, 6.07) is 10.0. The number of fused-ring (bicyclic) bond motifs is 1. The van der Waals surface area contributed by atoms with Crippen molar-refractivity contribution in [3.8, 4) is 0 Å². The van der Waals surface area contributed by atoms with Crippen LogP contribution < -0.4 is 5.32 Å². The third kappa shape index (κ3) is 3.32. The second-order valence-electron chi connectivity index (χ2n) is 7.08. The number of aromatic amines is 1. The molecule has 2 N–H and O–H groups in total. The summed E-state index contributed by atoms with van der Waals surface area (Å²) in [5.74, 6) is 0.903. The molecule has 2 aliphatic rings. The molecule has 0 spiro atoms. The Kier molecular flexibility index (Phi) is 4.54. The monoisotopic (exact) mass is 326 g/mol. The Morgan fingerprint density at radius 3 is 2.75 bits per heavy atom. The molecule has 0 saturated carbocycles. The molecule has 2 aliphatic heterocycles. The number of para-hydroxylation sites is 1. The molecule has 4 rings (SSSR count). The van der Waals surface area contributed by atoms with Gasteiger partial charge in [0.25, 0.3) is 5.91 Å². The van der Waals surface area contributed by atoms with Crippen molar-refractivity contribution >= 4 is 16.8 Å². The van der Waals surface area contributed by atoms with Crippen LogP contribution in [0.25, 0.3) is 10.9 Å². The van der Waals surface area contributed by atoms with E-state index in [-0.39, 0.29) is 5.91 Å². The highest BCUT2D eigenvalue weighted by Gasteiger charge is 2.25. The molecule has 0 aliphatic carbocycles. The van der Waals surface area contributed by atoms with Crippen molar-refractivity contribution in [1.29, 1.82) is 0 Å². The number of piperidine rings is 1. The molecule has 2 aromatic rings. The van der Waals surface area contributed by atoms with Crippen LogP contribution >= 0.6 is 0 Å². The van der Waals surface area contributed by atoms with Gasteiger partial charge in [-0.1, -0.05) is 18.2 Å². The van der Waals surface area contributed by atoms with Crippen LogP contribution in [-0.2, 0) is 0 Å². The van der Waals surface area contributed by atoms with E-state index in [1.165, 1.54) is 25.9 Å². The minimum Gasteiger partial charge on any atom is -0.351 e. The van der Waals surface area contributed by atoms with Gasteiger partial charge in [0.1, 0.15) is 5.69 Å². The number of nitrogens with zero attached hydrogens (tertiary/aromatic N) is 2. The zero-order valence-electron chi connectivity index (χ0n) is 14.1. The number of nitrogens with one attached hydrogen (secondary N) is 2. The number of H-pyrrole nitrogens is 1. The van der Waals surface area contributed by atoms with Gasteiger partial charge < -0.3 is 15.2 Å². The summed E-state index contributed by atoms with van der Waals surface area (Å²) >= 11 is 0. The first-order valence-corrected chi connectivity index (χ1v) is 9.10. The zero-order chi connectivity index (χ0) is 16.4. The van der Waals surface area contributed by atoms with E-state index in [0.29, 0.717) is 5.69 Å². The topological polar surface area (TPSA) is 51.4 Å². The van der Waals surface area contributed by atoms with Crippen LogP contribution in [0.3, 0.4) is 0 Å². The van der Waals surface area contributed by atoms with Crippen molar-refractivity contribution < 1.29 is 4.79 Å². The summed E-state index contributed by atoms with van der Waals surface area (Å²) in [5.41, 5.74) is 1.74. The molecule has 128 valence electrons. The third-order valence-corrected chi connectivity index (χ3v) is 5.34. The molecule has 5 heteroatoms. The third-order valence-electron chi connectivity index (χ3n) is 5.34. The highest BCUT2D eigenvalue weighted by Crippen LogP contribution is 2.18. The molecule has 1 aromatic carbocycles. The van der Waals surface area contributed by atoms with Crippen LogP contribution in [-0.4, -0.2) is 66.5 Å². The number of hydrogen-bond donors (Lipinski definition) is 2. The molecule has 3 heterocycles. The summed E-state index contributed by atoms with van der Waals surface area (Å²) in [7, 11) is 0. The van der Waals surface area contributed by atoms with Gasteiger partial charge in [-0.2, -0.15) is 0 Å². The first-order valence-electron chi connectivity index (χ1n) is 9.10. The standard InChI is InChI=1S/C19H26N4O/c24-19(18-12-16-5-1-2-6-17(16)21-18)23-10-8-22(9-11-23)14-15-4-3-7-20-13-15/h1-2,5-6,12,15,20-21H,3-4,7-11,13-14H2. The van der Waals surface area contributed by atoms with Crippen LogP contribution in [0.5, 0.6) is 0 Å². The Balaban J connectivity index is 1.34. The predicted molar refractivity (Wildman–Crippen MR) is 96.2 cm³/mol. The fourth-order valence-corrected chi connectivity index (χ4v) is 3.94. The number of amides is 1. The lowest BCUT2D eigenvalue weighted by molar-refractivity contribution is 0.0605. The van der Waals surface area contributed by atoms with Crippen LogP contribution in [0.2, 0.25) is 0 Å². The predicted octanol–water partition coefficient (Wildman–Crippen LogP) is 1.93. The van der Waals surface area contributed by atoms with Crippen molar-refractivity contribution in [2.24, 2.45) is 5.92 Å². The summed E-state index contributed by atoms with van der Waals surface area (Å²) < 4.78 is 0. The lowest BCUT2D eigenvalue weighted by atomic mass is 9.99. The van der Waals surface area contributed by atoms with Gasteiger partial charge in [0.15, 0.2) is 0 Å². The molecule has 1 atom stereocenters. The Morgan fingerprint density at radius 2 is 2.00 bits per heavy atom. The molecule has 1 aromatic heterocycles. The zero-order valence-corrected chi connectivity index (χ0v) is 14.1. The van der Waals surface area contributed by atoms with Crippen molar-refractivity contribution in [3.05, 3.63) is 36.0 Å². The van der Waals surface area contributed by atoms with E-state index in [4.69, 9.17) is 0 Å². The van der Waals surface area contributed by atoms with E-state index >= 15 is 0 Å². The lowest BCUT2D eigenvalue weighted by Crippen LogP contribution is -2.50. The molecule has 0 bridgehead atoms. The highest BCUT2D eigenvalue weighted by atomic mass is 16.2. The number of aromatic nitrogens is 1. The Morgan fingerprint density at radius 1 is 1.17 bits per heavy atom. The van der Waals surface area contributed by atoms with Gasteiger partial charge >= 0.3 is 0 Å². The van der Waals surface area contributed by atoms with E-state index in [1.54, 1.807) is 0 Å². The Hall–Kier alpha value is -1.85. The fourth-order valence-electron chi connectivity index (χ4n) is 3.94. The number of carbonyl (C=O) groups is 1. The normalized spacial score (nSPS) is 22.8. The van der Waals surface area contributed by atoms with E-state index in [2.05, 4.69) is 15.2 Å². The van der Waals surface area contributed by atoms with Crippen molar-refractivity contribution in [2.75, 3.05) is 45.8 Å². The van der Waals surface area contributed by atoms with Gasteiger partial charge in [-0.05, 0) is 44.0 Å². The van der Waals surface area contributed by atoms with Crippen LogP contribution in [0.15, 0.2) is 30.3 Å². The maximum atomic E-state index is 12.7.